The maximum atomic E-state index is 14.4. The minimum atomic E-state index is -1.00. The number of esters is 1. The van der Waals surface area contributed by atoms with Crippen LogP contribution < -0.4 is 10.6 Å². The summed E-state index contributed by atoms with van der Waals surface area (Å²) < 4.78 is 10.2. The predicted molar refractivity (Wildman–Crippen MR) is 153 cm³/mol. The number of hydrogen-bond acceptors (Lipinski definition) is 7. The van der Waals surface area contributed by atoms with E-state index < -0.39 is 47.5 Å². The van der Waals surface area contributed by atoms with Crippen molar-refractivity contribution in [2.24, 2.45) is 29.1 Å². The fraction of sp³-hybridized carbons (Fsp3) is 0.656. The first-order valence-corrected chi connectivity index (χ1v) is 15.0. The molecule has 0 aromatic heterocycles. The second-order valence-electron chi connectivity index (χ2n) is 14.0. The van der Waals surface area contributed by atoms with Crippen LogP contribution in [0.25, 0.3) is 0 Å². The van der Waals surface area contributed by atoms with Crippen LogP contribution in [0.3, 0.4) is 0 Å². The number of amides is 3. The number of piperidine rings is 1. The Bertz CT molecular complexity index is 1260. The van der Waals surface area contributed by atoms with Gasteiger partial charge in [-0.25, -0.2) is 9.59 Å². The van der Waals surface area contributed by atoms with E-state index in [2.05, 4.69) is 29.2 Å². The Morgan fingerprint density at radius 1 is 1.02 bits per heavy atom. The number of carbonyl (C=O) groups is 5. The fourth-order valence-corrected chi connectivity index (χ4v) is 7.05. The quantitative estimate of drug-likeness (QED) is 0.339. The highest BCUT2D eigenvalue weighted by Gasteiger charge is 2.70. The number of hydrogen-bond donors (Lipinski definition) is 2. The van der Waals surface area contributed by atoms with Gasteiger partial charge in [0.1, 0.15) is 17.7 Å². The highest BCUT2D eigenvalue weighted by atomic mass is 16.6. The number of methoxy groups -OCH3 is 1. The van der Waals surface area contributed by atoms with E-state index in [1.165, 1.54) is 0 Å². The zero-order valence-corrected chi connectivity index (χ0v) is 25.4. The Balaban J connectivity index is 1.39. The Labute approximate surface area is 247 Å². The van der Waals surface area contributed by atoms with Gasteiger partial charge in [-0.3, -0.25) is 14.4 Å². The second kappa shape index (κ2) is 11.0. The smallest absolute Gasteiger partial charge is 0.408 e. The number of rotatable bonds is 9. The predicted octanol–water partition coefficient (Wildman–Crippen LogP) is 2.80. The number of Topliss-reactive ketones (excluding diaryl/α,β-unsaturated/α-hetero) is 1. The Morgan fingerprint density at radius 3 is 2.19 bits per heavy atom. The average molecular weight is 582 g/mol. The Hall–Kier alpha value is -3.43. The molecule has 3 aliphatic carbocycles. The first-order valence-electron chi connectivity index (χ1n) is 15.0. The van der Waals surface area contributed by atoms with E-state index in [-0.39, 0.29) is 35.0 Å². The van der Waals surface area contributed by atoms with Gasteiger partial charge in [0, 0.05) is 6.54 Å². The van der Waals surface area contributed by atoms with Crippen molar-refractivity contribution in [3.05, 3.63) is 35.4 Å². The summed E-state index contributed by atoms with van der Waals surface area (Å²) in [5.41, 5.74) is 1.36. The van der Waals surface area contributed by atoms with E-state index in [4.69, 9.17) is 4.74 Å². The molecule has 2 saturated carbocycles. The molecule has 1 saturated heterocycles. The molecule has 0 bridgehead atoms. The fourth-order valence-electron chi connectivity index (χ4n) is 7.05. The van der Waals surface area contributed by atoms with Crippen molar-refractivity contribution >= 4 is 29.7 Å². The number of nitrogens with one attached hydrogen (secondary N) is 2. The zero-order valence-electron chi connectivity index (χ0n) is 25.4. The van der Waals surface area contributed by atoms with Crippen LogP contribution in [0.15, 0.2) is 24.3 Å². The lowest BCUT2D eigenvalue weighted by Crippen LogP contribution is -2.59. The molecular weight excluding hydrogens is 538 g/mol. The molecule has 228 valence electrons. The summed E-state index contributed by atoms with van der Waals surface area (Å²) >= 11 is 0. The molecule has 1 heterocycles. The van der Waals surface area contributed by atoms with Gasteiger partial charge in [0.05, 0.1) is 13.2 Å². The van der Waals surface area contributed by atoms with Crippen LogP contribution in [0.1, 0.15) is 65.0 Å². The third kappa shape index (κ3) is 6.03. The minimum absolute atomic E-state index is 0.0980. The van der Waals surface area contributed by atoms with E-state index in [1.807, 2.05) is 24.3 Å². The summed E-state index contributed by atoms with van der Waals surface area (Å²) in [7, 11) is 1.14. The number of ether oxygens (including phenoxy) is 2. The highest BCUT2D eigenvalue weighted by Crippen LogP contribution is 2.65. The van der Waals surface area contributed by atoms with Crippen LogP contribution in [0.2, 0.25) is 0 Å². The topological polar surface area (TPSA) is 131 Å². The summed E-state index contributed by atoms with van der Waals surface area (Å²) in [5.74, 6) is -2.49. The monoisotopic (exact) mass is 581 g/mol. The van der Waals surface area contributed by atoms with Crippen molar-refractivity contribution in [3.8, 4) is 0 Å². The van der Waals surface area contributed by atoms with E-state index >= 15 is 0 Å². The number of likely N-dealkylation sites (tertiary alicyclic amines) is 1. The molecular formula is C32H43N3O7. The van der Waals surface area contributed by atoms with Crippen molar-refractivity contribution in [1.82, 2.24) is 15.5 Å². The van der Waals surface area contributed by atoms with Gasteiger partial charge in [0.2, 0.25) is 11.8 Å². The first kappa shape index (κ1) is 30.0. The molecule has 1 aliphatic heterocycles. The molecule has 3 fully saturated rings. The minimum Gasteiger partial charge on any atom is -0.463 e. The van der Waals surface area contributed by atoms with Crippen LogP contribution in [-0.4, -0.2) is 71.9 Å². The highest BCUT2D eigenvalue weighted by molar-refractivity contribution is 6.36. The average Bonchev–Trinajstić information content (AvgIpc) is 3.67. The van der Waals surface area contributed by atoms with E-state index in [0.29, 0.717) is 25.8 Å². The molecule has 5 atom stereocenters. The molecule has 3 amide bonds. The SMILES string of the molecule is COC(=O)C(=O)C(CC1CC1)NC(=O)[C@@H]1C2C(CN1C(=O)[C@@H](NC(=O)OC(C)(C)C)C1Cc3ccccc3C1)C2(C)C. The molecule has 10 heteroatoms. The van der Waals surface area contributed by atoms with Crippen molar-refractivity contribution in [2.45, 2.75) is 90.4 Å². The van der Waals surface area contributed by atoms with E-state index in [0.717, 1.165) is 31.1 Å². The van der Waals surface area contributed by atoms with Crippen molar-refractivity contribution in [2.75, 3.05) is 13.7 Å². The molecule has 2 N–H and O–H groups in total. The Kier molecular flexibility index (Phi) is 7.87. The third-order valence-corrected chi connectivity index (χ3v) is 9.54. The zero-order chi connectivity index (χ0) is 30.6. The van der Waals surface area contributed by atoms with Crippen molar-refractivity contribution in [3.63, 3.8) is 0 Å². The molecule has 4 aliphatic rings. The van der Waals surface area contributed by atoms with Crippen LogP contribution in [0, 0.1) is 29.1 Å². The van der Waals surface area contributed by atoms with Gasteiger partial charge in [-0.1, -0.05) is 51.0 Å². The molecule has 1 aromatic carbocycles. The van der Waals surface area contributed by atoms with Gasteiger partial charge in [-0.2, -0.15) is 0 Å². The van der Waals surface area contributed by atoms with Gasteiger partial charge in [-0.15, -0.1) is 0 Å². The lowest BCUT2D eigenvalue weighted by Gasteiger charge is -2.35. The summed E-state index contributed by atoms with van der Waals surface area (Å²) in [5, 5.41) is 5.68. The summed E-state index contributed by atoms with van der Waals surface area (Å²) in [6, 6.07) is 5.26. The van der Waals surface area contributed by atoms with Crippen LogP contribution >= 0.6 is 0 Å². The van der Waals surface area contributed by atoms with Gasteiger partial charge in [-0.05, 0) is 80.2 Å². The second-order valence-corrected chi connectivity index (χ2v) is 14.0. The molecule has 3 unspecified atom stereocenters. The van der Waals surface area contributed by atoms with Gasteiger partial charge >= 0.3 is 12.1 Å². The van der Waals surface area contributed by atoms with Gasteiger partial charge in [0.25, 0.3) is 5.78 Å². The third-order valence-electron chi connectivity index (χ3n) is 9.54. The van der Waals surface area contributed by atoms with Crippen LogP contribution in [-0.2, 0) is 41.5 Å². The van der Waals surface area contributed by atoms with Crippen LogP contribution in [0.4, 0.5) is 4.79 Å². The van der Waals surface area contributed by atoms with Gasteiger partial charge < -0.3 is 25.0 Å². The summed E-state index contributed by atoms with van der Waals surface area (Å²) in [4.78, 5) is 67.8. The van der Waals surface area contributed by atoms with Gasteiger partial charge in [0.15, 0.2) is 0 Å². The number of nitrogens with zero attached hydrogens (tertiary/aromatic N) is 1. The first-order chi connectivity index (χ1) is 19.7. The molecule has 0 radical (unpaired) electrons. The molecule has 5 rings (SSSR count). The number of fused-ring (bicyclic) bond motifs is 2. The maximum Gasteiger partial charge on any atom is 0.408 e. The van der Waals surface area contributed by atoms with Crippen LogP contribution in [0.5, 0.6) is 0 Å². The summed E-state index contributed by atoms with van der Waals surface area (Å²) in [6.07, 6.45) is 2.78. The standard InChI is InChI=1S/C32H43N3O7/c1-31(2,3)42-30(40)34-24(20-14-18-9-7-8-10-19(18)15-20)28(38)35-16-21-23(32(21,4)5)25(35)27(37)33-22(13-17-11-12-17)26(36)29(39)41-6/h7-10,17,20-25H,11-16H2,1-6H3,(H,33,37)(H,34,40)/t21?,22?,23?,24-,25-/m0/s1. The lowest BCUT2D eigenvalue weighted by atomic mass is 9.93. The number of carbonyl (C=O) groups excluding carboxylic acids is 5. The van der Waals surface area contributed by atoms with Crippen molar-refractivity contribution < 1.29 is 33.4 Å². The lowest BCUT2D eigenvalue weighted by molar-refractivity contribution is -0.153. The Morgan fingerprint density at radius 2 is 1.64 bits per heavy atom. The number of benzene rings is 1. The maximum absolute atomic E-state index is 14.4. The van der Waals surface area contributed by atoms with E-state index in [1.54, 1.807) is 25.7 Å². The molecule has 0 spiro atoms. The molecule has 42 heavy (non-hydrogen) atoms. The molecule has 1 aromatic rings. The molecule has 10 nitrogen and oxygen atoms in total. The summed E-state index contributed by atoms with van der Waals surface area (Å²) in [6.45, 7) is 9.82. The normalized spacial score (nSPS) is 25.5. The largest absolute Gasteiger partial charge is 0.463 e. The number of alkyl carbamates (subject to hydrolysis) is 1. The van der Waals surface area contributed by atoms with Crippen molar-refractivity contribution in [1.29, 1.82) is 0 Å². The number of ketones is 1. The van der Waals surface area contributed by atoms with E-state index in [9.17, 15) is 24.0 Å².